The van der Waals surface area contributed by atoms with Crippen LogP contribution in [0.5, 0.6) is 5.75 Å². The number of ether oxygens (including phenoxy) is 1. The molecule has 0 fully saturated rings. The molecule has 0 saturated carbocycles. The summed E-state index contributed by atoms with van der Waals surface area (Å²) in [6.45, 7) is 0.559. The lowest BCUT2D eigenvalue weighted by Crippen LogP contribution is -2.39. The third kappa shape index (κ3) is 3.77. The highest BCUT2D eigenvalue weighted by atomic mass is 35.5. The van der Waals surface area contributed by atoms with Crippen LogP contribution in [0, 0.1) is 0 Å². The molecule has 2 aromatic carbocycles. The Balaban J connectivity index is 1.67. The lowest BCUT2D eigenvalue weighted by molar-refractivity contribution is 0.0525. The second kappa shape index (κ2) is 7.01. The number of fused-ring (bicyclic) bond motifs is 1. The Morgan fingerprint density at radius 3 is 2.60 bits per heavy atom. The second-order valence-corrected chi connectivity index (χ2v) is 7.57. The van der Waals surface area contributed by atoms with Crippen molar-refractivity contribution in [2.24, 2.45) is 0 Å². The van der Waals surface area contributed by atoms with Crippen molar-refractivity contribution in [2.75, 3.05) is 13.3 Å². The smallest absolute Gasteiger partial charge is 0.262 e. The van der Waals surface area contributed by atoms with E-state index in [9.17, 15) is 13.2 Å². The van der Waals surface area contributed by atoms with Crippen molar-refractivity contribution in [3.63, 3.8) is 0 Å². The van der Waals surface area contributed by atoms with E-state index in [4.69, 9.17) is 21.5 Å². The molecule has 1 amide bonds. The largest absolute Gasteiger partial charge is 0.472 e. The summed E-state index contributed by atoms with van der Waals surface area (Å²) < 4.78 is 28.5. The van der Waals surface area contributed by atoms with Crippen molar-refractivity contribution in [1.82, 2.24) is 9.79 Å². The molecule has 0 radical (unpaired) electrons. The minimum absolute atomic E-state index is 0.0419. The van der Waals surface area contributed by atoms with Crippen LogP contribution in [0.3, 0.4) is 0 Å². The van der Waals surface area contributed by atoms with Gasteiger partial charge in [0.15, 0.2) is 6.73 Å². The Kier molecular flexibility index (Phi) is 4.96. The summed E-state index contributed by atoms with van der Waals surface area (Å²) in [7, 11) is -3.89. The SMILES string of the molecule is O=C1c2cc(Cl)ccc2OCN1CCc1ccc(S(=O)(=O)NO)cc1. The van der Waals surface area contributed by atoms with Crippen LogP contribution in [0.2, 0.25) is 5.02 Å². The number of benzene rings is 2. The predicted molar refractivity (Wildman–Crippen MR) is 90.2 cm³/mol. The average Bonchev–Trinajstić information content (AvgIpc) is 2.62. The number of carbonyl (C=O) groups is 1. The molecule has 9 heteroatoms. The molecule has 2 aromatic rings. The standard InChI is InChI=1S/C16H15ClN2O5S/c17-12-3-6-15-14(9-12)16(20)19(10-24-15)8-7-11-1-4-13(5-2-11)25(22,23)18-21/h1-6,9,18,21H,7-8,10H2. The highest BCUT2D eigenvalue weighted by Gasteiger charge is 2.25. The molecule has 7 nitrogen and oxygen atoms in total. The normalized spacial score (nSPS) is 14.2. The van der Waals surface area contributed by atoms with Crippen molar-refractivity contribution in [3.05, 3.63) is 58.6 Å². The summed E-state index contributed by atoms with van der Waals surface area (Å²) in [5, 5.41) is 9.08. The summed E-state index contributed by atoms with van der Waals surface area (Å²) in [5.41, 5.74) is 1.27. The molecular weight excluding hydrogens is 368 g/mol. The van der Waals surface area contributed by atoms with Crippen LogP contribution < -0.4 is 9.62 Å². The van der Waals surface area contributed by atoms with Gasteiger partial charge in [0.05, 0.1) is 10.5 Å². The molecule has 0 atom stereocenters. The maximum absolute atomic E-state index is 12.5. The second-order valence-electron chi connectivity index (χ2n) is 5.47. The van der Waals surface area contributed by atoms with E-state index in [2.05, 4.69) is 0 Å². The van der Waals surface area contributed by atoms with Crippen molar-refractivity contribution in [3.8, 4) is 5.75 Å². The molecule has 3 rings (SSSR count). The van der Waals surface area contributed by atoms with E-state index in [1.807, 2.05) is 0 Å². The molecule has 0 spiro atoms. The number of halogens is 1. The van der Waals surface area contributed by atoms with Crippen LogP contribution in [-0.4, -0.2) is 37.7 Å². The first-order valence-electron chi connectivity index (χ1n) is 7.37. The number of nitrogens with one attached hydrogen (secondary N) is 1. The van der Waals surface area contributed by atoms with Gasteiger partial charge in [-0.25, -0.2) is 8.42 Å². The van der Waals surface area contributed by atoms with E-state index < -0.39 is 10.0 Å². The van der Waals surface area contributed by atoms with Gasteiger partial charge >= 0.3 is 0 Å². The van der Waals surface area contributed by atoms with Crippen LogP contribution in [-0.2, 0) is 16.4 Å². The maximum atomic E-state index is 12.5. The van der Waals surface area contributed by atoms with E-state index in [1.165, 1.54) is 17.0 Å². The summed E-state index contributed by atoms with van der Waals surface area (Å²) in [6.07, 6.45) is 0.526. The van der Waals surface area contributed by atoms with Gasteiger partial charge in [0.25, 0.3) is 15.9 Å². The quantitative estimate of drug-likeness (QED) is 0.771. The Morgan fingerprint density at radius 1 is 1.20 bits per heavy atom. The lowest BCUT2D eigenvalue weighted by atomic mass is 10.1. The van der Waals surface area contributed by atoms with Crippen LogP contribution >= 0.6 is 11.6 Å². The predicted octanol–water partition coefficient (Wildman–Crippen LogP) is 2.04. The number of carbonyl (C=O) groups excluding carboxylic acids is 1. The lowest BCUT2D eigenvalue weighted by Gasteiger charge is -2.28. The fourth-order valence-corrected chi connectivity index (χ4v) is 3.26. The topological polar surface area (TPSA) is 95.9 Å². The monoisotopic (exact) mass is 382 g/mol. The van der Waals surface area contributed by atoms with E-state index in [-0.39, 0.29) is 17.5 Å². The summed E-state index contributed by atoms with van der Waals surface area (Å²) in [6, 6.07) is 10.9. The summed E-state index contributed by atoms with van der Waals surface area (Å²) in [4.78, 5) is 15.3. The van der Waals surface area contributed by atoms with Crippen molar-refractivity contribution in [1.29, 1.82) is 0 Å². The minimum atomic E-state index is -3.89. The molecule has 2 N–H and O–H groups in total. The molecule has 1 aliphatic heterocycles. The first-order chi connectivity index (χ1) is 11.9. The molecule has 132 valence electrons. The first kappa shape index (κ1) is 17.7. The molecule has 25 heavy (non-hydrogen) atoms. The van der Waals surface area contributed by atoms with E-state index in [0.29, 0.717) is 29.3 Å². The van der Waals surface area contributed by atoms with Gasteiger partial charge in [0.1, 0.15) is 5.75 Å². The van der Waals surface area contributed by atoms with Gasteiger partial charge in [-0.3, -0.25) is 4.79 Å². The molecule has 0 aliphatic carbocycles. The minimum Gasteiger partial charge on any atom is -0.472 e. The van der Waals surface area contributed by atoms with Crippen LogP contribution in [0.4, 0.5) is 0 Å². The van der Waals surface area contributed by atoms with Crippen LogP contribution in [0.25, 0.3) is 0 Å². The zero-order valence-electron chi connectivity index (χ0n) is 13.0. The molecule has 0 unspecified atom stereocenters. The Labute approximate surface area is 149 Å². The zero-order chi connectivity index (χ0) is 18.0. The average molecular weight is 383 g/mol. The van der Waals surface area contributed by atoms with E-state index in [1.54, 1.807) is 35.2 Å². The number of sulfonamides is 1. The number of amides is 1. The van der Waals surface area contributed by atoms with Crippen LogP contribution in [0.1, 0.15) is 15.9 Å². The van der Waals surface area contributed by atoms with Gasteiger partial charge in [-0.15, -0.1) is 0 Å². The third-order valence-corrected chi connectivity index (χ3v) is 5.23. The molecule has 1 aliphatic rings. The molecular formula is C16H15ClN2O5S. The van der Waals surface area contributed by atoms with Crippen LogP contribution in [0.15, 0.2) is 47.4 Å². The summed E-state index contributed by atoms with van der Waals surface area (Å²) in [5.74, 6) is 0.351. The highest BCUT2D eigenvalue weighted by Crippen LogP contribution is 2.27. The van der Waals surface area contributed by atoms with E-state index >= 15 is 0 Å². The van der Waals surface area contributed by atoms with Crippen molar-refractivity contribution >= 4 is 27.5 Å². The van der Waals surface area contributed by atoms with Gasteiger partial charge in [0, 0.05) is 11.6 Å². The van der Waals surface area contributed by atoms with Crippen molar-refractivity contribution < 1.29 is 23.2 Å². The Morgan fingerprint density at radius 2 is 1.92 bits per heavy atom. The molecule has 1 heterocycles. The van der Waals surface area contributed by atoms with Crippen molar-refractivity contribution in [2.45, 2.75) is 11.3 Å². The Bertz CT molecular complexity index is 899. The number of hydrogen-bond acceptors (Lipinski definition) is 5. The van der Waals surface area contributed by atoms with Gasteiger partial charge in [-0.1, -0.05) is 28.6 Å². The van der Waals surface area contributed by atoms with Gasteiger partial charge < -0.3 is 14.8 Å². The maximum Gasteiger partial charge on any atom is 0.262 e. The molecule has 0 saturated heterocycles. The molecule has 0 bridgehead atoms. The first-order valence-corrected chi connectivity index (χ1v) is 9.23. The zero-order valence-corrected chi connectivity index (χ0v) is 14.5. The fourth-order valence-electron chi connectivity index (χ4n) is 2.49. The fraction of sp³-hybridized carbons (Fsp3) is 0.188. The number of nitrogens with zero attached hydrogens (tertiary/aromatic N) is 1. The van der Waals surface area contributed by atoms with E-state index in [0.717, 1.165) is 5.56 Å². The Hall–Kier alpha value is -2.13. The highest BCUT2D eigenvalue weighted by molar-refractivity contribution is 7.89. The van der Waals surface area contributed by atoms with Gasteiger partial charge in [-0.05, 0) is 42.3 Å². The molecule has 0 aromatic heterocycles. The number of hydrogen-bond donors (Lipinski definition) is 2. The van der Waals surface area contributed by atoms with Gasteiger partial charge in [-0.2, -0.15) is 0 Å². The third-order valence-electron chi connectivity index (χ3n) is 3.86. The van der Waals surface area contributed by atoms with Gasteiger partial charge in [0.2, 0.25) is 0 Å². The number of rotatable bonds is 5. The summed E-state index contributed by atoms with van der Waals surface area (Å²) >= 11 is 5.93.